The fourth-order valence-electron chi connectivity index (χ4n) is 1.21. The Morgan fingerprint density at radius 2 is 2.41 bits per heavy atom. The quantitative estimate of drug-likeness (QED) is 0.664. The summed E-state index contributed by atoms with van der Waals surface area (Å²) >= 11 is 5.64. The first-order valence-corrected chi connectivity index (χ1v) is 4.98. The minimum absolute atomic E-state index is 0.135. The first kappa shape index (κ1) is 11.3. The van der Waals surface area contributed by atoms with Crippen molar-refractivity contribution in [2.45, 2.75) is 6.54 Å². The number of hydrogen-bond acceptors (Lipinski definition) is 6. The lowest BCUT2D eigenvalue weighted by molar-refractivity contribution is -0.384. The highest BCUT2D eigenvalue weighted by Gasteiger charge is 2.15. The predicted octanol–water partition coefficient (Wildman–Crippen LogP) is 2.24. The largest absolute Gasteiger partial charge is 0.360 e. The smallest absolute Gasteiger partial charge is 0.312 e. The molecular weight excluding hydrogens is 248 g/mol. The molecule has 0 aromatic carbocycles. The van der Waals surface area contributed by atoms with Crippen molar-refractivity contribution in [3.63, 3.8) is 0 Å². The molecule has 0 radical (unpaired) electrons. The molecule has 0 atom stereocenters. The zero-order valence-corrected chi connectivity index (χ0v) is 9.22. The van der Waals surface area contributed by atoms with Crippen molar-refractivity contribution < 1.29 is 9.45 Å². The van der Waals surface area contributed by atoms with E-state index in [0.29, 0.717) is 5.76 Å². The Bertz CT molecular complexity index is 529. The Labute approximate surface area is 101 Å². The highest BCUT2D eigenvalue weighted by molar-refractivity contribution is 6.30. The second kappa shape index (κ2) is 4.79. The number of anilines is 1. The van der Waals surface area contributed by atoms with Crippen molar-refractivity contribution in [3.05, 3.63) is 45.4 Å². The van der Waals surface area contributed by atoms with Gasteiger partial charge in [0.15, 0.2) is 5.76 Å². The van der Waals surface area contributed by atoms with Crippen LogP contribution in [0.4, 0.5) is 11.5 Å². The van der Waals surface area contributed by atoms with E-state index < -0.39 is 4.92 Å². The SMILES string of the molecule is O=[N+]([O-])c1cc(Cl)cnc1NCc1ccno1. The zero-order chi connectivity index (χ0) is 12.3. The van der Waals surface area contributed by atoms with Gasteiger partial charge >= 0.3 is 5.69 Å². The molecule has 1 N–H and O–H groups in total. The van der Waals surface area contributed by atoms with Crippen molar-refractivity contribution in [1.29, 1.82) is 0 Å². The van der Waals surface area contributed by atoms with Crippen molar-refractivity contribution in [2.75, 3.05) is 5.32 Å². The van der Waals surface area contributed by atoms with Gasteiger partial charge in [-0.05, 0) is 0 Å². The van der Waals surface area contributed by atoms with E-state index >= 15 is 0 Å². The average Bonchev–Trinajstić information content (AvgIpc) is 2.80. The molecule has 2 aromatic heterocycles. The summed E-state index contributed by atoms with van der Waals surface area (Å²) in [7, 11) is 0. The third-order valence-corrected chi connectivity index (χ3v) is 2.16. The Morgan fingerprint density at radius 3 is 3.06 bits per heavy atom. The molecule has 88 valence electrons. The minimum atomic E-state index is -0.554. The van der Waals surface area contributed by atoms with Crippen LogP contribution in [0.3, 0.4) is 0 Å². The standard InChI is InChI=1S/C9H7ClN4O3/c10-6-3-8(14(15)16)9(11-4-6)12-5-7-1-2-13-17-7/h1-4H,5H2,(H,11,12). The van der Waals surface area contributed by atoms with Gasteiger partial charge in [-0.15, -0.1) is 0 Å². The number of nitro groups is 1. The second-order valence-corrected chi connectivity index (χ2v) is 3.55. The van der Waals surface area contributed by atoms with Crippen LogP contribution in [0, 0.1) is 10.1 Å². The van der Waals surface area contributed by atoms with E-state index in [-0.39, 0.29) is 23.1 Å². The van der Waals surface area contributed by atoms with Crippen molar-refractivity contribution >= 4 is 23.1 Å². The van der Waals surface area contributed by atoms with E-state index in [2.05, 4.69) is 15.5 Å². The van der Waals surface area contributed by atoms with Crippen LogP contribution < -0.4 is 5.32 Å². The fraction of sp³-hybridized carbons (Fsp3) is 0.111. The number of nitrogens with zero attached hydrogens (tertiary/aromatic N) is 3. The molecule has 0 spiro atoms. The summed E-state index contributed by atoms with van der Waals surface area (Å²) < 4.78 is 4.84. The lowest BCUT2D eigenvalue weighted by Crippen LogP contribution is -2.04. The number of hydrogen-bond donors (Lipinski definition) is 1. The molecule has 2 rings (SSSR count). The molecule has 0 bridgehead atoms. The van der Waals surface area contributed by atoms with E-state index in [1.807, 2.05) is 0 Å². The first-order valence-electron chi connectivity index (χ1n) is 4.60. The summed E-state index contributed by atoms with van der Waals surface area (Å²) in [6, 6.07) is 2.88. The monoisotopic (exact) mass is 254 g/mol. The molecule has 0 saturated heterocycles. The predicted molar refractivity (Wildman–Crippen MR) is 59.7 cm³/mol. The molecule has 8 heteroatoms. The highest BCUT2D eigenvalue weighted by Crippen LogP contribution is 2.25. The van der Waals surface area contributed by atoms with Gasteiger partial charge in [-0.25, -0.2) is 4.98 Å². The lowest BCUT2D eigenvalue weighted by atomic mass is 10.3. The number of pyridine rings is 1. The third kappa shape index (κ3) is 2.70. The van der Waals surface area contributed by atoms with Gasteiger partial charge in [-0.2, -0.15) is 0 Å². The van der Waals surface area contributed by atoms with Crippen molar-refractivity contribution in [2.24, 2.45) is 0 Å². The summed E-state index contributed by atoms with van der Waals surface area (Å²) in [6.07, 6.45) is 2.82. The Hall–Kier alpha value is -2.15. The normalized spacial score (nSPS) is 10.2. The molecule has 2 aromatic rings. The van der Waals surface area contributed by atoms with Crippen LogP contribution in [0.5, 0.6) is 0 Å². The first-order chi connectivity index (χ1) is 8.16. The van der Waals surface area contributed by atoms with E-state index in [0.717, 1.165) is 0 Å². The van der Waals surface area contributed by atoms with Gasteiger partial charge in [0.25, 0.3) is 0 Å². The maximum Gasteiger partial charge on any atom is 0.312 e. The van der Waals surface area contributed by atoms with E-state index in [1.54, 1.807) is 6.07 Å². The van der Waals surface area contributed by atoms with Crippen LogP contribution >= 0.6 is 11.6 Å². The van der Waals surface area contributed by atoms with E-state index in [4.69, 9.17) is 16.1 Å². The average molecular weight is 255 g/mol. The molecule has 0 aliphatic heterocycles. The zero-order valence-electron chi connectivity index (χ0n) is 8.46. The molecule has 2 heterocycles. The Balaban J connectivity index is 2.17. The fourth-order valence-corrected chi connectivity index (χ4v) is 1.36. The number of nitrogens with one attached hydrogen (secondary N) is 1. The van der Waals surface area contributed by atoms with Gasteiger partial charge in [0.1, 0.15) is 0 Å². The van der Waals surface area contributed by atoms with Gasteiger partial charge in [0.2, 0.25) is 5.82 Å². The van der Waals surface area contributed by atoms with Gasteiger partial charge < -0.3 is 9.84 Å². The van der Waals surface area contributed by atoms with Crippen molar-refractivity contribution in [3.8, 4) is 0 Å². The summed E-state index contributed by atoms with van der Waals surface area (Å²) in [5, 5.41) is 17.3. The van der Waals surface area contributed by atoms with Crippen LogP contribution in [-0.2, 0) is 6.54 Å². The van der Waals surface area contributed by atoms with E-state index in [9.17, 15) is 10.1 Å². The molecule has 17 heavy (non-hydrogen) atoms. The molecular formula is C9H7ClN4O3. The highest BCUT2D eigenvalue weighted by atomic mass is 35.5. The number of rotatable bonds is 4. The third-order valence-electron chi connectivity index (χ3n) is 1.95. The van der Waals surface area contributed by atoms with Gasteiger partial charge in [0, 0.05) is 18.3 Å². The van der Waals surface area contributed by atoms with Gasteiger partial charge in [0.05, 0.1) is 22.7 Å². The van der Waals surface area contributed by atoms with Crippen LogP contribution in [0.25, 0.3) is 0 Å². The summed E-state index contributed by atoms with van der Waals surface area (Å²) in [5.41, 5.74) is -0.183. The van der Waals surface area contributed by atoms with Crippen LogP contribution in [-0.4, -0.2) is 15.1 Å². The summed E-state index contributed by atoms with van der Waals surface area (Å²) in [4.78, 5) is 14.1. The maximum absolute atomic E-state index is 10.8. The summed E-state index contributed by atoms with van der Waals surface area (Å²) in [6.45, 7) is 0.259. The molecule has 0 saturated carbocycles. The van der Waals surface area contributed by atoms with Gasteiger partial charge in [-0.1, -0.05) is 16.8 Å². The van der Waals surface area contributed by atoms with Crippen LogP contribution in [0.15, 0.2) is 29.0 Å². The lowest BCUT2D eigenvalue weighted by Gasteiger charge is -2.03. The molecule has 0 aliphatic carbocycles. The maximum atomic E-state index is 10.8. The second-order valence-electron chi connectivity index (χ2n) is 3.11. The van der Waals surface area contributed by atoms with E-state index in [1.165, 1.54) is 18.5 Å². The number of aromatic nitrogens is 2. The molecule has 0 fully saturated rings. The molecule has 7 nitrogen and oxygen atoms in total. The summed E-state index contributed by atoms with van der Waals surface area (Å²) in [5.74, 6) is 0.687. The Morgan fingerprint density at radius 1 is 1.59 bits per heavy atom. The molecule has 0 aliphatic rings. The van der Waals surface area contributed by atoms with Crippen LogP contribution in [0.1, 0.15) is 5.76 Å². The van der Waals surface area contributed by atoms with Crippen LogP contribution in [0.2, 0.25) is 5.02 Å². The number of halogens is 1. The molecule has 0 amide bonds. The van der Waals surface area contributed by atoms with Gasteiger partial charge in [-0.3, -0.25) is 10.1 Å². The Kier molecular flexibility index (Phi) is 3.20. The minimum Gasteiger partial charge on any atom is -0.360 e. The van der Waals surface area contributed by atoms with Crippen molar-refractivity contribution in [1.82, 2.24) is 10.1 Å². The molecule has 0 unspecified atom stereocenters. The topological polar surface area (TPSA) is 94.1 Å².